The van der Waals surface area contributed by atoms with Gasteiger partial charge in [-0.3, -0.25) is 14.8 Å². The van der Waals surface area contributed by atoms with Gasteiger partial charge in [-0.05, 0) is 78.2 Å². The van der Waals surface area contributed by atoms with Crippen LogP contribution in [-0.2, 0) is 0 Å². The highest BCUT2D eigenvalue weighted by molar-refractivity contribution is 6.03. The molecule has 1 saturated heterocycles. The van der Waals surface area contributed by atoms with E-state index in [1.165, 1.54) is 5.69 Å². The van der Waals surface area contributed by atoms with E-state index >= 15 is 0 Å². The zero-order chi connectivity index (χ0) is 24.6. The Morgan fingerprint density at radius 1 is 0.889 bits per heavy atom. The van der Waals surface area contributed by atoms with Gasteiger partial charge in [-0.2, -0.15) is 0 Å². The van der Waals surface area contributed by atoms with Gasteiger partial charge in [0.1, 0.15) is 0 Å². The molecule has 3 N–H and O–H groups in total. The van der Waals surface area contributed by atoms with Crippen molar-refractivity contribution in [2.75, 3.05) is 38.1 Å². The maximum absolute atomic E-state index is 12.6. The zero-order valence-electron chi connectivity index (χ0n) is 20.0. The molecular weight excluding hydrogens is 450 g/mol. The van der Waals surface area contributed by atoms with E-state index in [0.29, 0.717) is 16.3 Å². The highest BCUT2D eigenvalue weighted by Crippen LogP contribution is 2.30. The Labute approximate surface area is 208 Å². The third-order valence-electron chi connectivity index (χ3n) is 6.99. The molecule has 1 fully saturated rings. The van der Waals surface area contributed by atoms with Crippen molar-refractivity contribution in [2.45, 2.75) is 0 Å². The van der Waals surface area contributed by atoms with Crippen molar-refractivity contribution in [3.63, 3.8) is 0 Å². The van der Waals surface area contributed by atoms with Crippen LogP contribution >= 0.6 is 0 Å². The van der Waals surface area contributed by atoms with E-state index in [1.54, 1.807) is 12.3 Å². The number of fused-ring (bicyclic) bond motifs is 2. The predicted molar refractivity (Wildman–Crippen MR) is 147 cm³/mol. The number of likely N-dealkylation sites (N-methyl/N-ethyl adjacent to an activating group) is 1. The fourth-order valence-electron chi connectivity index (χ4n) is 4.83. The van der Waals surface area contributed by atoms with Gasteiger partial charge in [0.05, 0.1) is 11.3 Å². The molecule has 1 aliphatic rings. The number of aromatic amines is 2. The molecule has 6 rings (SSSR count). The number of hydrogen-bond acceptors (Lipinski definition) is 5. The van der Waals surface area contributed by atoms with E-state index in [4.69, 9.17) is 0 Å². The largest absolute Gasteiger partial charge is 0.494 e. The van der Waals surface area contributed by atoms with Crippen LogP contribution in [0.1, 0.15) is 5.56 Å². The van der Waals surface area contributed by atoms with Gasteiger partial charge in [0.25, 0.3) is 5.56 Å². The third kappa shape index (κ3) is 4.14. The predicted octanol–water partition coefficient (Wildman–Crippen LogP) is 4.88. The van der Waals surface area contributed by atoms with Crippen LogP contribution in [0.3, 0.4) is 0 Å². The molecule has 7 heteroatoms. The second-order valence-electron chi connectivity index (χ2n) is 9.32. The molecule has 0 aliphatic carbocycles. The van der Waals surface area contributed by atoms with Crippen molar-refractivity contribution in [2.24, 2.45) is 4.99 Å². The van der Waals surface area contributed by atoms with Crippen LogP contribution in [0.4, 0.5) is 11.4 Å². The zero-order valence-corrected chi connectivity index (χ0v) is 20.0. The van der Waals surface area contributed by atoms with Crippen molar-refractivity contribution in [1.82, 2.24) is 14.9 Å². The van der Waals surface area contributed by atoms with Gasteiger partial charge >= 0.3 is 0 Å². The highest BCUT2D eigenvalue weighted by atomic mass is 16.3. The van der Waals surface area contributed by atoms with Crippen LogP contribution in [0.2, 0.25) is 0 Å². The highest BCUT2D eigenvalue weighted by Gasteiger charge is 2.14. The molecule has 3 aromatic carbocycles. The van der Waals surface area contributed by atoms with E-state index in [0.717, 1.165) is 53.9 Å². The first kappa shape index (κ1) is 22.1. The van der Waals surface area contributed by atoms with E-state index < -0.39 is 0 Å². The van der Waals surface area contributed by atoms with Crippen molar-refractivity contribution >= 4 is 39.3 Å². The minimum Gasteiger partial charge on any atom is -0.494 e. The molecule has 180 valence electrons. The number of aliphatic imine (C=N–C) groups is 1. The number of anilines is 1. The van der Waals surface area contributed by atoms with Gasteiger partial charge in [0.2, 0.25) is 5.88 Å². The van der Waals surface area contributed by atoms with Gasteiger partial charge < -0.3 is 19.9 Å². The summed E-state index contributed by atoms with van der Waals surface area (Å²) in [4.78, 5) is 27.6. The first-order valence-electron chi connectivity index (χ1n) is 12.1. The lowest BCUT2D eigenvalue weighted by Gasteiger charge is -2.34. The lowest BCUT2D eigenvalue weighted by atomic mass is 9.99. The first-order chi connectivity index (χ1) is 17.5. The van der Waals surface area contributed by atoms with Crippen LogP contribution in [0.15, 0.2) is 82.7 Å². The van der Waals surface area contributed by atoms with Crippen LogP contribution in [-0.4, -0.2) is 59.4 Å². The smallest absolute Gasteiger partial charge is 0.258 e. The topological polar surface area (TPSA) is 87.7 Å². The molecule has 5 aromatic rings. The number of H-pyrrole nitrogens is 2. The number of benzene rings is 3. The van der Waals surface area contributed by atoms with E-state index in [1.807, 2.05) is 48.7 Å². The summed E-state index contributed by atoms with van der Waals surface area (Å²) in [6.45, 7) is 4.13. The molecule has 2 aromatic heterocycles. The van der Waals surface area contributed by atoms with Crippen LogP contribution in [0.25, 0.3) is 32.8 Å². The number of hydrogen-bond donors (Lipinski definition) is 3. The lowest BCUT2D eigenvalue weighted by molar-refractivity contribution is 0.313. The van der Waals surface area contributed by atoms with Gasteiger partial charge in [-0.25, -0.2) is 0 Å². The summed E-state index contributed by atoms with van der Waals surface area (Å²) in [5.74, 6) is -0.191. The summed E-state index contributed by atoms with van der Waals surface area (Å²) in [5.41, 5.74) is 5.18. The Morgan fingerprint density at radius 3 is 2.44 bits per heavy atom. The Morgan fingerprint density at radius 2 is 1.64 bits per heavy atom. The summed E-state index contributed by atoms with van der Waals surface area (Å²) in [6, 6.07) is 22.0. The number of piperazine rings is 1. The summed E-state index contributed by atoms with van der Waals surface area (Å²) in [5, 5.41) is 12.9. The number of aromatic nitrogens is 2. The minimum atomic E-state index is -0.330. The average Bonchev–Trinajstić information content (AvgIpc) is 3.37. The number of nitrogens with zero attached hydrogens (tertiary/aromatic N) is 3. The molecule has 0 atom stereocenters. The normalized spacial score (nSPS) is 14.9. The SMILES string of the molecule is CN1CCN(c2ccc(N=Cc3c(O)[nH]c(=O)c4ccc(-c5ccc6[nH]ccc6c5)cc34)cc2)CC1. The maximum atomic E-state index is 12.6. The van der Waals surface area contributed by atoms with E-state index in [2.05, 4.69) is 50.0 Å². The van der Waals surface area contributed by atoms with Crippen molar-refractivity contribution in [1.29, 1.82) is 0 Å². The Kier molecular flexibility index (Phi) is 5.54. The minimum absolute atomic E-state index is 0.191. The van der Waals surface area contributed by atoms with Gasteiger partial charge in [-0.15, -0.1) is 0 Å². The van der Waals surface area contributed by atoms with Crippen molar-refractivity contribution in [3.05, 3.63) is 88.8 Å². The molecule has 36 heavy (non-hydrogen) atoms. The standard InChI is InChI=1S/C29H27N5O2/c1-33-12-14-34(15-13-33)23-6-4-22(5-7-23)31-18-26-25-17-20(2-8-24(25)28(35)32-29(26)36)19-3-9-27-21(16-19)10-11-30-27/h2-11,16-18,30H,12-15H2,1H3,(H2,32,35,36). The number of aromatic hydroxyl groups is 1. The van der Waals surface area contributed by atoms with Gasteiger partial charge in [0, 0.05) is 60.6 Å². The molecule has 0 saturated carbocycles. The average molecular weight is 478 g/mol. The van der Waals surface area contributed by atoms with E-state index in [-0.39, 0.29) is 11.4 Å². The molecule has 0 spiro atoms. The van der Waals surface area contributed by atoms with Crippen molar-refractivity contribution in [3.8, 4) is 17.0 Å². The molecular formula is C29H27N5O2. The molecule has 7 nitrogen and oxygen atoms in total. The Bertz CT molecular complexity index is 1640. The fraction of sp³-hybridized carbons (Fsp3) is 0.172. The molecule has 0 bridgehead atoms. The molecule has 1 aliphatic heterocycles. The van der Waals surface area contributed by atoms with Gasteiger partial charge in [0.15, 0.2) is 0 Å². The van der Waals surface area contributed by atoms with Crippen LogP contribution in [0.5, 0.6) is 5.88 Å². The summed E-state index contributed by atoms with van der Waals surface area (Å²) in [6.07, 6.45) is 3.54. The number of pyridine rings is 1. The maximum Gasteiger partial charge on any atom is 0.258 e. The molecule has 0 radical (unpaired) electrons. The van der Waals surface area contributed by atoms with E-state index in [9.17, 15) is 9.90 Å². The Balaban J connectivity index is 1.34. The first-order valence-corrected chi connectivity index (χ1v) is 12.1. The third-order valence-corrected chi connectivity index (χ3v) is 6.99. The van der Waals surface area contributed by atoms with Crippen LogP contribution in [0, 0.1) is 0 Å². The number of rotatable bonds is 4. The quantitative estimate of drug-likeness (QED) is 0.322. The monoisotopic (exact) mass is 477 g/mol. The molecule has 3 heterocycles. The summed E-state index contributed by atoms with van der Waals surface area (Å²) >= 11 is 0. The number of nitrogens with one attached hydrogen (secondary N) is 2. The van der Waals surface area contributed by atoms with Crippen LogP contribution < -0.4 is 10.5 Å². The second kappa shape index (κ2) is 9.02. The van der Waals surface area contributed by atoms with Gasteiger partial charge in [-0.1, -0.05) is 12.1 Å². The second-order valence-corrected chi connectivity index (χ2v) is 9.32. The molecule has 0 amide bonds. The summed E-state index contributed by atoms with van der Waals surface area (Å²) < 4.78 is 0. The van der Waals surface area contributed by atoms with Crippen molar-refractivity contribution < 1.29 is 5.11 Å². The lowest BCUT2D eigenvalue weighted by Crippen LogP contribution is -2.44. The fourth-order valence-corrected chi connectivity index (χ4v) is 4.83. The summed E-state index contributed by atoms with van der Waals surface area (Å²) in [7, 11) is 2.15. The molecule has 0 unspecified atom stereocenters. The Hall–Kier alpha value is -4.36.